The lowest BCUT2D eigenvalue weighted by atomic mass is 10.1. The molecule has 34 heavy (non-hydrogen) atoms. The van der Waals surface area contributed by atoms with Crippen LogP contribution in [-0.4, -0.2) is 47.9 Å². The smallest absolute Gasteiger partial charge is 0.338 e. The van der Waals surface area contributed by atoms with Crippen LogP contribution in [0, 0.1) is 0 Å². The highest BCUT2D eigenvalue weighted by Gasteiger charge is 2.41. The number of rotatable bonds is 8. The molecule has 0 N–H and O–H groups in total. The molecule has 1 aliphatic rings. The third-order valence-electron chi connectivity index (χ3n) is 5.19. The molecule has 1 atom stereocenters. The van der Waals surface area contributed by atoms with E-state index < -0.39 is 29.8 Å². The predicted molar refractivity (Wildman–Crippen MR) is 121 cm³/mol. The van der Waals surface area contributed by atoms with Crippen LogP contribution in [0.5, 0.6) is 11.5 Å². The van der Waals surface area contributed by atoms with Crippen molar-refractivity contribution in [2.75, 3.05) is 13.2 Å². The van der Waals surface area contributed by atoms with Crippen LogP contribution in [-0.2, 0) is 9.53 Å². The van der Waals surface area contributed by atoms with Crippen LogP contribution in [0.2, 0.25) is 0 Å². The van der Waals surface area contributed by atoms with Gasteiger partial charge in [-0.3, -0.25) is 14.5 Å². The van der Waals surface area contributed by atoms with Crippen molar-refractivity contribution < 1.29 is 33.4 Å². The van der Waals surface area contributed by atoms with Gasteiger partial charge in [0.1, 0.15) is 30.8 Å². The van der Waals surface area contributed by atoms with E-state index in [0.29, 0.717) is 5.75 Å². The minimum atomic E-state index is -1.12. The minimum Gasteiger partial charge on any atom is -0.490 e. The zero-order chi connectivity index (χ0) is 24.1. The van der Waals surface area contributed by atoms with Crippen LogP contribution in [0.4, 0.5) is 0 Å². The zero-order valence-corrected chi connectivity index (χ0v) is 18.3. The van der Waals surface area contributed by atoms with Gasteiger partial charge in [0.2, 0.25) is 0 Å². The lowest BCUT2D eigenvalue weighted by Crippen LogP contribution is -2.44. The van der Waals surface area contributed by atoms with Gasteiger partial charge in [-0.05, 0) is 55.5 Å². The molecule has 0 fully saturated rings. The maximum atomic E-state index is 12.6. The molecular formula is C26H21NO7. The summed E-state index contributed by atoms with van der Waals surface area (Å²) in [6, 6.07) is 20.2. The average molecular weight is 459 g/mol. The van der Waals surface area contributed by atoms with E-state index in [2.05, 4.69) is 0 Å². The van der Waals surface area contributed by atoms with Gasteiger partial charge in [-0.1, -0.05) is 30.3 Å². The molecule has 0 saturated heterocycles. The highest BCUT2D eigenvalue weighted by Crippen LogP contribution is 2.25. The van der Waals surface area contributed by atoms with Crippen LogP contribution in [0.1, 0.15) is 38.0 Å². The van der Waals surface area contributed by atoms with Gasteiger partial charge in [-0.15, -0.1) is 0 Å². The van der Waals surface area contributed by atoms with E-state index in [9.17, 15) is 19.2 Å². The molecule has 1 heterocycles. The van der Waals surface area contributed by atoms with Crippen LogP contribution in [0.15, 0.2) is 78.9 Å². The molecule has 0 aromatic heterocycles. The minimum absolute atomic E-state index is 0.0717. The zero-order valence-electron chi connectivity index (χ0n) is 18.3. The quantitative estimate of drug-likeness (QED) is 0.220. The van der Waals surface area contributed by atoms with Crippen LogP contribution in [0.25, 0.3) is 0 Å². The van der Waals surface area contributed by atoms with E-state index in [4.69, 9.17) is 14.2 Å². The summed E-state index contributed by atoms with van der Waals surface area (Å²) in [4.78, 5) is 50.7. The third-order valence-corrected chi connectivity index (χ3v) is 5.19. The molecule has 0 bridgehead atoms. The van der Waals surface area contributed by atoms with E-state index in [1.54, 1.807) is 36.4 Å². The van der Waals surface area contributed by atoms with Gasteiger partial charge in [0.25, 0.3) is 11.8 Å². The van der Waals surface area contributed by atoms with Crippen LogP contribution >= 0.6 is 0 Å². The third kappa shape index (κ3) is 4.80. The summed E-state index contributed by atoms with van der Waals surface area (Å²) in [5.74, 6) is -1.56. The van der Waals surface area contributed by atoms with Crippen molar-refractivity contribution in [3.8, 4) is 11.5 Å². The fourth-order valence-corrected chi connectivity index (χ4v) is 3.42. The summed E-state index contributed by atoms with van der Waals surface area (Å²) in [7, 11) is 0. The summed E-state index contributed by atoms with van der Waals surface area (Å²) in [5, 5.41) is 0. The Morgan fingerprint density at radius 3 is 1.97 bits per heavy atom. The number of hydrogen-bond acceptors (Lipinski definition) is 7. The van der Waals surface area contributed by atoms with E-state index in [1.165, 1.54) is 31.2 Å². The monoisotopic (exact) mass is 459 g/mol. The summed E-state index contributed by atoms with van der Waals surface area (Å²) in [5.41, 5.74) is 0.779. The first-order valence-corrected chi connectivity index (χ1v) is 10.6. The van der Waals surface area contributed by atoms with Gasteiger partial charge in [-0.2, -0.15) is 0 Å². The Labute approximate surface area is 195 Å². The Kier molecular flexibility index (Phi) is 6.68. The van der Waals surface area contributed by atoms with Crippen molar-refractivity contribution in [3.05, 3.63) is 95.6 Å². The van der Waals surface area contributed by atoms with Gasteiger partial charge in [-0.25, -0.2) is 9.59 Å². The normalized spacial score (nSPS) is 13.3. The molecular weight excluding hydrogens is 438 g/mol. The lowest BCUT2D eigenvalue weighted by molar-refractivity contribution is -0.138. The second-order valence-electron chi connectivity index (χ2n) is 7.44. The Bertz CT molecular complexity index is 1190. The maximum Gasteiger partial charge on any atom is 0.338 e. The number of amides is 2. The molecule has 1 unspecified atom stereocenters. The molecule has 172 valence electrons. The fraction of sp³-hybridized carbons (Fsp3) is 0.154. The standard InChI is InChI=1S/C26H21NO7/c1-17(27-23(28)21-9-5-6-10-22(21)24(27)29)25(30)34-20-13-11-18(12-14-20)26(31)33-16-15-32-19-7-3-2-4-8-19/h2-14,17H,15-16H2,1H3. The van der Waals surface area contributed by atoms with Crippen molar-refractivity contribution in [2.24, 2.45) is 0 Å². The molecule has 1 aliphatic heterocycles. The van der Waals surface area contributed by atoms with Gasteiger partial charge in [0.05, 0.1) is 16.7 Å². The van der Waals surface area contributed by atoms with Gasteiger partial charge in [0.15, 0.2) is 0 Å². The van der Waals surface area contributed by atoms with Gasteiger partial charge >= 0.3 is 11.9 Å². The average Bonchev–Trinajstić information content (AvgIpc) is 3.12. The second kappa shape index (κ2) is 9.99. The first-order valence-electron chi connectivity index (χ1n) is 10.6. The number of imide groups is 1. The molecule has 0 spiro atoms. The molecule has 0 saturated carbocycles. The van der Waals surface area contributed by atoms with Crippen molar-refractivity contribution in [1.82, 2.24) is 4.90 Å². The predicted octanol–water partition coefficient (Wildman–Crippen LogP) is 3.51. The molecule has 2 amide bonds. The number of fused-ring (bicyclic) bond motifs is 1. The Morgan fingerprint density at radius 1 is 0.765 bits per heavy atom. The van der Waals surface area contributed by atoms with Crippen LogP contribution < -0.4 is 9.47 Å². The summed E-state index contributed by atoms with van der Waals surface area (Å²) in [6.45, 7) is 1.71. The second-order valence-corrected chi connectivity index (χ2v) is 7.44. The topological polar surface area (TPSA) is 99.2 Å². The van der Waals surface area contributed by atoms with Crippen molar-refractivity contribution in [3.63, 3.8) is 0 Å². The van der Waals surface area contributed by atoms with Gasteiger partial charge in [0, 0.05) is 0 Å². The Morgan fingerprint density at radius 2 is 1.35 bits per heavy atom. The number of nitrogens with zero attached hydrogens (tertiary/aromatic N) is 1. The van der Waals surface area contributed by atoms with Crippen molar-refractivity contribution in [2.45, 2.75) is 13.0 Å². The van der Waals surface area contributed by atoms with Gasteiger partial charge < -0.3 is 14.2 Å². The van der Waals surface area contributed by atoms with E-state index in [1.807, 2.05) is 18.2 Å². The number of benzene rings is 3. The summed E-state index contributed by atoms with van der Waals surface area (Å²) < 4.78 is 16.0. The highest BCUT2D eigenvalue weighted by molar-refractivity contribution is 6.22. The number of para-hydroxylation sites is 1. The highest BCUT2D eigenvalue weighted by atomic mass is 16.6. The van der Waals surface area contributed by atoms with E-state index >= 15 is 0 Å². The summed E-state index contributed by atoms with van der Waals surface area (Å²) in [6.07, 6.45) is 0. The van der Waals surface area contributed by atoms with E-state index in [-0.39, 0.29) is 35.7 Å². The molecule has 3 aromatic rings. The SMILES string of the molecule is CC(C(=O)Oc1ccc(C(=O)OCCOc2ccccc2)cc1)N1C(=O)c2ccccc2C1=O. The molecule has 8 nitrogen and oxygen atoms in total. The molecule has 3 aromatic carbocycles. The molecule has 8 heteroatoms. The Hall–Kier alpha value is -4.46. The molecule has 0 radical (unpaired) electrons. The Balaban J connectivity index is 1.29. The lowest BCUT2D eigenvalue weighted by Gasteiger charge is -2.20. The number of carbonyl (C=O) groups is 4. The number of ether oxygens (including phenoxy) is 3. The first kappa shape index (κ1) is 22.7. The number of esters is 2. The largest absolute Gasteiger partial charge is 0.490 e. The summed E-state index contributed by atoms with van der Waals surface area (Å²) >= 11 is 0. The molecule has 0 aliphatic carbocycles. The maximum absolute atomic E-state index is 12.6. The van der Waals surface area contributed by atoms with E-state index in [0.717, 1.165) is 4.90 Å². The number of carbonyl (C=O) groups excluding carboxylic acids is 4. The van der Waals surface area contributed by atoms with Crippen molar-refractivity contribution in [1.29, 1.82) is 0 Å². The molecule has 4 rings (SSSR count). The van der Waals surface area contributed by atoms with Crippen molar-refractivity contribution >= 4 is 23.8 Å². The van der Waals surface area contributed by atoms with Crippen LogP contribution in [0.3, 0.4) is 0 Å². The fourth-order valence-electron chi connectivity index (χ4n) is 3.42. The number of hydrogen-bond donors (Lipinski definition) is 0. The first-order chi connectivity index (χ1) is 16.5.